The van der Waals surface area contributed by atoms with Gasteiger partial charge in [0.2, 0.25) is 0 Å². The fourth-order valence-corrected chi connectivity index (χ4v) is 4.24. The number of rotatable bonds is 4. The van der Waals surface area contributed by atoms with Crippen LogP contribution < -0.4 is 5.32 Å². The van der Waals surface area contributed by atoms with E-state index in [1.807, 2.05) is 49.4 Å². The molecule has 0 saturated carbocycles. The van der Waals surface area contributed by atoms with Gasteiger partial charge in [0.15, 0.2) is 5.13 Å². The van der Waals surface area contributed by atoms with Gasteiger partial charge in [-0.2, -0.15) is 0 Å². The molecule has 3 nitrogen and oxygen atoms in total. The molecule has 0 fully saturated rings. The summed E-state index contributed by atoms with van der Waals surface area (Å²) in [5.74, 6) is -0.130. The van der Waals surface area contributed by atoms with Crippen LogP contribution in [-0.2, 0) is 6.42 Å². The van der Waals surface area contributed by atoms with E-state index in [9.17, 15) is 4.79 Å². The number of hydrogen-bond acceptors (Lipinski definition) is 3. The van der Waals surface area contributed by atoms with Crippen molar-refractivity contribution in [3.05, 3.63) is 94.5 Å². The average Bonchev–Trinajstić information content (AvgIpc) is 3.06. The number of carbonyl (C=O) groups excluding carboxylic acids is 1. The number of hydrogen-bond donors (Lipinski definition) is 1. The Bertz CT molecular complexity index is 1100. The Morgan fingerprint density at radius 1 is 0.963 bits per heavy atom. The molecule has 0 saturated heterocycles. The lowest BCUT2D eigenvalue weighted by Crippen LogP contribution is -2.11. The number of amides is 1. The van der Waals surface area contributed by atoms with Crippen LogP contribution in [0.1, 0.15) is 32.6 Å². The quantitative estimate of drug-likeness (QED) is 0.495. The summed E-state index contributed by atoms with van der Waals surface area (Å²) in [6.07, 6.45) is 0.860. The molecular weight excluding hydrogens is 352 g/mol. The molecule has 0 aliphatic rings. The van der Waals surface area contributed by atoms with E-state index in [4.69, 9.17) is 0 Å². The van der Waals surface area contributed by atoms with Crippen molar-refractivity contribution in [3.63, 3.8) is 0 Å². The van der Waals surface area contributed by atoms with Gasteiger partial charge in [-0.05, 0) is 60.7 Å². The highest BCUT2D eigenvalue weighted by Crippen LogP contribution is 2.29. The zero-order valence-corrected chi connectivity index (χ0v) is 16.1. The van der Waals surface area contributed by atoms with Crippen molar-refractivity contribution in [1.82, 2.24) is 4.98 Å². The van der Waals surface area contributed by atoms with E-state index in [0.717, 1.165) is 22.2 Å². The first kappa shape index (κ1) is 17.4. The lowest BCUT2D eigenvalue weighted by molar-refractivity contribution is 0.102. The minimum Gasteiger partial charge on any atom is -0.298 e. The first-order chi connectivity index (χ1) is 13.1. The van der Waals surface area contributed by atoms with Crippen LogP contribution in [0, 0.1) is 13.8 Å². The van der Waals surface area contributed by atoms with E-state index in [1.54, 1.807) is 0 Å². The lowest BCUT2D eigenvalue weighted by atomic mass is 10.0. The van der Waals surface area contributed by atoms with Gasteiger partial charge in [-0.25, -0.2) is 4.98 Å². The Kier molecular flexibility index (Phi) is 4.73. The third-order valence-electron chi connectivity index (χ3n) is 4.52. The molecule has 0 unspecified atom stereocenters. The van der Waals surface area contributed by atoms with Gasteiger partial charge < -0.3 is 0 Å². The van der Waals surface area contributed by atoms with E-state index < -0.39 is 0 Å². The molecule has 1 aromatic heterocycles. The van der Waals surface area contributed by atoms with Gasteiger partial charge in [-0.1, -0.05) is 59.9 Å². The van der Waals surface area contributed by atoms with E-state index in [0.29, 0.717) is 10.7 Å². The highest BCUT2D eigenvalue weighted by Gasteiger charge is 2.11. The maximum Gasteiger partial charge on any atom is 0.257 e. The zero-order chi connectivity index (χ0) is 18.8. The summed E-state index contributed by atoms with van der Waals surface area (Å²) >= 11 is 1.51. The molecule has 4 heteroatoms. The van der Waals surface area contributed by atoms with Crippen molar-refractivity contribution in [3.8, 4) is 0 Å². The van der Waals surface area contributed by atoms with Gasteiger partial charge >= 0.3 is 0 Å². The van der Waals surface area contributed by atoms with Gasteiger partial charge in [-0.3, -0.25) is 10.1 Å². The normalized spacial score (nSPS) is 10.9. The maximum absolute atomic E-state index is 12.6. The van der Waals surface area contributed by atoms with Crippen LogP contribution >= 0.6 is 11.3 Å². The Balaban J connectivity index is 1.49. The fraction of sp³-hybridized carbons (Fsp3) is 0.130. The van der Waals surface area contributed by atoms with Crippen LogP contribution in [0.3, 0.4) is 0 Å². The molecule has 1 amide bonds. The van der Waals surface area contributed by atoms with Crippen LogP contribution in [0.4, 0.5) is 5.13 Å². The summed E-state index contributed by atoms with van der Waals surface area (Å²) in [4.78, 5) is 17.1. The third kappa shape index (κ3) is 3.91. The molecular formula is C23H20N2OS. The molecule has 134 valence electrons. The molecule has 4 aromatic rings. The zero-order valence-electron chi connectivity index (χ0n) is 15.3. The van der Waals surface area contributed by atoms with Crippen LogP contribution in [0.15, 0.2) is 66.7 Å². The molecule has 4 rings (SSSR count). The van der Waals surface area contributed by atoms with Crippen molar-refractivity contribution < 1.29 is 4.79 Å². The van der Waals surface area contributed by atoms with Crippen molar-refractivity contribution in [2.75, 3.05) is 5.32 Å². The van der Waals surface area contributed by atoms with Crippen molar-refractivity contribution in [1.29, 1.82) is 0 Å². The van der Waals surface area contributed by atoms with Crippen molar-refractivity contribution >= 4 is 32.6 Å². The lowest BCUT2D eigenvalue weighted by Gasteiger charge is -2.05. The average molecular weight is 372 g/mol. The van der Waals surface area contributed by atoms with Crippen LogP contribution in [0.5, 0.6) is 0 Å². The number of nitrogens with zero attached hydrogens (tertiary/aromatic N) is 1. The molecule has 1 heterocycles. The molecule has 0 radical (unpaired) electrons. The molecule has 1 N–H and O–H groups in total. The van der Waals surface area contributed by atoms with Gasteiger partial charge in [0, 0.05) is 5.56 Å². The summed E-state index contributed by atoms with van der Waals surface area (Å²) in [5.41, 5.74) is 6.37. The van der Waals surface area contributed by atoms with Gasteiger partial charge in [0.1, 0.15) is 0 Å². The van der Waals surface area contributed by atoms with E-state index >= 15 is 0 Å². The fourth-order valence-electron chi connectivity index (χ4n) is 3.20. The first-order valence-electron chi connectivity index (χ1n) is 8.90. The summed E-state index contributed by atoms with van der Waals surface area (Å²) in [7, 11) is 0. The van der Waals surface area contributed by atoms with E-state index in [2.05, 4.69) is 41.5 Å². The second-order valence-corrected chi connectivity index (χ2v) is 7.79. The first-order valence-corrected chi connectivity index (χ1v) is 9.72. The Morgan fingerprint density at radius 2 is 1.67 bits per heavy atom. The SMILES string of the molecule is Cc1cc(C)c2nc(NC(=O)c3ccc(Cc4ccccc4)cc3)sc2c1. The molecule has 0 spiro atoms. The molecule has 0 atom stereocenters. The van der Waals surface area contributed by atoms with Gasteiger partial charge in [0.25, 0.3) is 5.91 Å². The number of benzene rings is 3. The maximum atomic E-state index is 12.6. The molecule has 0 aliphatic heterocycles. The topological polar surface area (TPSA) is 42.0 Å². The highest BCUT2D eigenvalue weighted by atomic mass is 32.1. The number of aromatic nitrogens is 1. The minimum atomic E-state index is -0.130. The van der Waals surface area contributed by atoms with Gasteiger partial charge in [-0.15, -0.1) is 0 Å². The number of nitrogens with one attached hydrogen (secondary N) is 1. The second kappa shape index (κ2) is 7.33. The van der Waals surface area contributed by atoms with Crippen molar-refractivity contribution in [2.45, 2.75) is 20.3 Å². The molecule has 27 heavy (non-hydrogen) atoms. The predicted molar refractivity (Wildman–Crippen MR) is 113 cm³/mol. The third-order valence-corrected chi connectivity index (χ3v) is 5.44. The van der Waals surface area contributed by atoms with Crippen molar-refractivity contribution in [2.24, 2.45) is 0 Å². The summed E-state index contributed by atoms with van der Waals surface area (Å²) in [6.45, 7) is 4.12. The Morgan fingerprint density at radius 3 is 2.41 bits per heavy atom. The number of fused-ring (bicyclic) bond motifs is 1. The summed E-state index contributed by atoms with van der Waals surface area (Å²) in [5, 5.41) is 3.57. The number of anilines is 1. The molecule has 0 bridgehead atoms. The largest absolute Gasteiger partial charge is 0.298 e. The standard InChI is InChI=1S/C23H20N2OS/c1-15-12-16(2)21-20(13-15)27-23(24-21)25-22(26)19-10-8-18(9-11-19)14-17-6-4-3-5-7-17/h3-13H,14H2,1-2H3,(H,24,25,26). The van der Waals surface area contributed by atoms with Crippen LogP contribution in [0.25, 0.3) is 10.2 Å². The Hall–Kier alpha value is -2.98. The van der Waals surface area contributed by atoms with Crippen LogP contribution in [0.2, 0.25) is 0 Å². The smallest absolute Gasteiger partial charge is 0.257 e. The predicted octanol–water partition coefficient (Wildman–Crippen LogP) is 5.76. The van der Waals surface area contributed by atoms with Gasteiger partial charge in [0.05, 0.1) is 10.2 Å². The molecule has 3 aromatic carbocycles. The van der Waals surface area contributed by atoms with E-state index in [1.165, 1.54) is 28.0 Å². The molecule has 0 aliphatic carbocycles. The van der Waals surface area contributed by atoms with E-state index in [-0.39, 0.29) is 5.91 Å². The number of aryl methyl sites for hydroxylation is 2. The Labute approximate surface area is 162 Å². The van der Waals surface area contributed by atoms with Crippen LogP contribution in [-0.4, -0.2) is 10.9 Å². The second-order valence-electron chi connectivity index (χ2n) is 6.76. The minimum absolute atomic E-state index is 0.130. The number of thiazole rings is 1. The highest BCUT2D eigenvalue weighted by molar-refractivity contribution is 7.22. The summed E-state index contributed by atoms with van der Waals surface area (Å²) in [6, 6.07) is 22.3. The summed E-state index contributed by atoms with van der Waals surface area (Å²) < 4.78 is 1.10. The number of carbonyl (C=O) groups is 1. The monoisotopic (exact) mass is 372 g/mol.